The summed E-state index contributed by atoms with van der Waals surface area (Å²) in [6.45, 7) is 0. The zero-order valence-electron chi connectivity index (χ0n) is 16.7. The number of aromatic nitrogens is 1. The Labute approximate surface area is 169 Å². The molecule has 2 fully saturated rings. The molecule has 29 heavy (non-hydrogen) atoms. The van der Waals surface area contributed by atoms with Crippen molar-refractivity contribution < 1.29 is 23.5 Å². The fourth-order valence-corrected chi connectivity index (χ4v) is 4.64. The van der Waals surface area contributed by atoms with E-state index in [9.17, 15) is 9.59 Å². The Morgan fingerprint density at radius 3 is 2.72 bits per heavy atom. The van der Waals surface area contributed by atoms with Gasteiger partial charge >= 0.3 is 5.97 Å². The number of nitrogens with zero attached hydrogens (tertiary/aromatic N) is 1. The summed E-state index contributed by atoms with van der Waals surface area (Å²) in [5.41, 5.74) is 2.65. The van der Waals surface area contributed by atoms with E-state index in [1.54, 1.807) is 7.05 Å². The number of hydrogen-bond acceptors (Lipinski definition) is 6. The molecular formula is C22H26N2O5. The van der Waals surface area contributed by atoms with Crippen molar-refractivity contribution in [3.05, 3.63) is 53.2 Å². The van der Waals surface area contributed by atoms with Crippen molar-refractivity contribution in [3.8, 4) is 0 Å². The van der Waals surface area contributed by atoms with E-state index in [4.69, 9.17) is 13.9 Å². The molecule has 2 aliphatic rings. The van der Waals surface area contributed by atoms with Gasteiger partial charge in [0.15, 0.2) is 5.69 Å². The van der Waals surface area contributed by atoms with Crippen LogP contribution in [-0.2, 0) is 27.1 Å². The molecule has 4 rings (SSSR count). The highest BCUT2D eigenvalue weighted by molar-refractivity contribution is 5.91. The quantitative estimate of drug-likeness (QED) is 0.721. The number of benzene rings is 1. The van der Waals surface area contributed by atoms with Gasteiger partial charge in [-0.1, -0.05) is 24.3 Å². The number of carbonyl (C=O) groups is 2. The minimum atomic E-state index is -0.256. The number of aryl methyl sites for hydroxylation is 1. The van der Waals surface area contributed by atoms with E-state index >= 15 is 0 Å². The van der Waals surface area contributed by atoms with Crippen molar-refractivity contribution in [2.45, 2.75) is 50.2 Å². The topological polar surface area (TPSA) is 90.7 Å². The SMILES string of the molecule is CNC(=O)c1coc([C@H]2[C@@H](Cc3ccccc3CCC(=O)OC)[C@@H]3CC[C@H]2O3)n1. The van der Waals surface area contributed by atoms with Crippen LogP contribution in [0.1, 0.15) is 52.7 Å². The largest absolute Gasteiger partial charge is 0.469 e. The van der Waals surface area contributed by atoms with Gasteiger partial charge in [-0.15, -0.1) is 0 Å². The molecule has 1 aromatic carbocycles. The van der Waals surface area contributed by atoms with Crippen LogP contribution in [0.2, 0.25) is 0 Å². The Kier molecular flexibility index (Phi) is 5.67. The van der Waals surface area contributed by atoms with E-state index in [1.165, 1.54) is 18.9 Å². The lowest BCUT2D eigenvalue weighted by Crippen LogP contribution is -2.28. The van der Waals surface area contributed by atoms with Gasteiger partial charge in [0.2, 0.25) is 5.89 Å². The van der Waals surface area contributed by atoms with Crippen LogP contribution >= 0.6 is 0 Å². The number of methoxy groups -OCH3 is 1. The van der Waals surface area contributed by atoms with Gasteiger partial charge in [-0.05, 0) is 36.8 Å². The summed E-state index contributed by atoms with van der Waals surface area (Å²) in [6.07, 6.45) is 5.49. The van der Waals surface area contributed by atoms with Gasteiger partial charge in [-0.2, -0.15) is 0 Å². The lowest BCUT2D eigenvalue weighted by atomic mass is 9.75. The average molecular weight is 398 g/mol. The average Bonchev–Trinajstić information content (AvgIpc) is 3.48. The molecule has 1 N–H and O–H groups in total. The van der Waals surface area contributed by atoms with Crippen molar-refractivity contribution in [2.75, 3.05) is 14.2 Å². The smallest absolute Gasteiger partial charge is 0.305 e. The normalized spacial score (nSPS) is 25.2. The molecule has 0 unspecified atom stereocenters. The van der Waals surface area contributed by atoms with Crippen molar-refractivity contribution in [3.63, 3.8) is 0 Å². The molecule has 2 saturated heterocycles. The number of rotatable bonds is 7. The monoisotopic (exact) mass is 398 g/mol. The maximum Gasteiger partial charge on any atom is 0.305 e. The molecule has 0 spiro atoms. The number of hydrogen-bond donors (Lipinski definition) is 1. The van der Waals surface area contributed by atoms with Gasteiger partial charge in [0.05, 0.1) is 25.2 Å². The highest BCUT2D eigenvalue weighted by Gasteiger charge is 2.51. The lowest BCUT2D eigenvalue weighted by molar-refractivity contribution is -0.140. The van der Waals surface area contributed by atoms with Crippen LogP contribution in [0.5, 0.6) is 0 Å². The molecule has 3 heterocycles. The van der Waals surface area contributed by atoms with E-state index in [1.807, 2.05) is 12.1 Å². The zero-order valence-corrected chi connectivity index (χ0v) is 16.7. The van der Waals surface area contributed by atoms with Crippen LogP contribution in [-0.4, -0.2) is 43.2 Å². The second-order valence-electron chi connectivity index (χ2n) is 7.68. The molecule has 1 aromatic heterocycles. The van der Waals surface area contributed by atoms with Gasteiger partial charge in [-0.25, -0.2) is 4.98 Å². The van der Waals surface area contributed by atoms with Crippen molar-refractivity contribution in [1.82, 2.24) is 10.3 Å². The second kappa shape index (κ2) is 8.37. The summed E-state index contributed by atoms with van der Waals surface area (Å²) in [5, 5.41) is 2.58. The molecule has 0 saturated carbocycles. The number of nitrogens with one attached hydrogen (secondary N) is 1. The van der Waals surface area contributed by atoms with Gasteiger partial charge in [0.1, 0.15) is 6.26 Å². The molecule has 154 valence electrons. The Hall–Kier alpha value is -2.67. The summed E-state index contributed by atoms with van der Waals surface area (Å²) >= 11 is 0. The Bertz CT molecular complexity index is 893. The van der Waals surface area contributed by atoms with E-state index in [2.05, 4.69) is 22.4 Å². The number of carbonyl (C=O) groups excluding carboxylic acids is 2. The first-order chi connectivity index (χ1) is 14.1. The standard InChI is InChI=1S/C22H26N2O5/c1-23-21(26)16-12-28-22(24-16)20-15(17-8-9-18(20)29-17)11-14-6-4-3-5-13(14)7-10-19(25)27-2/h3-6,12,15,17-18,20H,7-11H2,1-2H3,(H,23,26)/t15-,17-,18+,20-/m0/s1. The Morgan fingerprint density at radius 2 is 1.97 bits per heavy atom. The van der Waals surface area contributed by atoms with Gasteiger partial charge in [0, 0.05) is 19.4 Å². The van der Waals surface area contributed by atoms with E-state index in [-0.39, 0.29) is 35.9 Å². The number of fused-ring (bicyclic) bond motifs is 2. The predicted molar refractivity (Wildman–Crippen MR) is 105 cm³/mol. The number of ether oxygens (including phenoxy) is 2. The number of amides is 1. The first-order valence-electron chi connectivity index (χ1n) is 10.1. The summed E-state index contributed by atoms with van der Waals surface area (Å²) in [4.78, 5) is 27.9. The molecule has 7 heteroatoms. The van der Waals surface area contributed by atoms with Crippen LogP contribution in [0.4, 0.5) is 0 Å². The first kappa shape index (κ1) is 19.6. The fraction of sp³-hybridized carbons (Fsp3) is 0.500. The predicted octanol–water partition coefficient (Wildman–Crippen LogP) is 2.64. The van der Waals surface area contributed by atoms with Gasteiger partial charge in [0.25, 0.3) is 5.91 Å². The van der Waals surface area contributed by atoms with Crippen molar-refractivity contribution in [2.24, 2.45) is 5.92 Å². The molecular weight excluding hydrogens is 372 g/mol. The summed E-state index contributed by atoms with van der Waals surface area (Å²) < 4.78 is 16.7. The highest BCUT2D eigenvalue weighted by atomic mass is 16.5. The Balaban J connectivity index is 1.55. The van der Waals surface area contributed by atoms with Gasteiger partial charge < -0.3 is 19.2 Å². The van der Waals surface area contributed by atoms with Crippen molar-refractivity contribution in [1.29, 1.82) is 0 Å². The lowest BCUT2D eigenvalue weighted by Gasteiger charge is -2.26. The Morgan fingerprint density at radius 1 is 1.21 bits per heavy atom. The fourth-order valence-electron chi connectivity index (χ4n) is 4.64. The van der Waals surface area contributed by atoms with Gasteiger partial charge in [-0.3, -0.25) is 9.59 Å². The maximum absolute atomic E-state index is 11.9. The minimum absolute atomic E-state index is 0.0285. The third-order valence-electron chi connectivity index (χ3n) is 6.09. The molecule has 2 aromatic rings. The van der Waals surface area contributed by atoms with Crippen LogP contribution in [0.25, 0.3) is 0 Å². The first-order valence-corrected chi connectivity index (χ1v) is 10.1. The third kappa shape index (κ3) is 3.92. The molecule has 0 aliphatic carbocycles. The van der Waals surface area contributed by atoms with Crippen LogP contribution in [0.3, 0.4) is 0 Å². The van der Waals surface area contributed by atoms with Crippen LogP contribution < -0.4 is 5.32 Å². The third-order valence-corrected chi connectivity index (χ3v) is 6.09. The number of oxazole rings is 1. The summed E-state index contributed by atoms with van der Waals surface area (Å²) in [7, 11) is 2.99. The second-order valence-corrected chi connectivity index (χ2v) is 7.68. The summed E-state index contributed by atoms with van der Waals surface area (Å²) in [6, 6.07) is 8.20. The molecule has 2 aliphatic heterocycles. The molecule has 2 bridgehead atoms. The van der Waals surface area contributed by atoms with Crippen LogP contribution in [0, 0.1) is 5.92 Å². The molecule has 7 nitrogen and oxygen atoms in total. The van der Waals surface area contributed by atoms with E-state index in [0.717, 1.165) is 24.8 Å². The zero-order chi connectivity index (χ0) is 20.4. The van der Waals surface area contributed by atoms with Crippen LogP contribution in [0.15, 0.2) is 34.9 Å². The van der Waals surface area contributed by atoms with Crippen molar-refractivity contribution >= 4 is 11.9 Å². The van der Waals surface area contributed by atoms with E-state index in [0.29, 0.717) is 24.4 Å². The highest BCUT2D eigenvalue weighted by Crippen LogP contribution is 2.49. The minimum Gasteiger partial charge on any atom is -0.469 e. The van der Waals surface area contributed by atoms with E-state index < -0.39 is 0 Å². The molecule has 1 amide bonds. The summed E-state index contributed by atoms with van der Waals surface area (Å²) in [5.74, 6) is 0.370. The molecule has 0 radical (unpaired) electrons. The number of esters is 1. The maximum atomic E-state index is 11.9. The molecule has 4 atom stereocenters.